The molecular formula is C8H9FINO. The van der Waals surface area contributed by atoms with Crippen molar-refractivity contribution in [1.29, 1.82) is 0 Å². The molecule has 1 aromatic carbocycles. The lowest BCUT2D eigenvalue weighted by atomic mass is 10.1. The van der Waals surface area contributed by atoms with Crippen molar-refractivity contribution in [3.63, 3.8) is 0 Å². The number of halogens is 2. The van der Waals surface area contributed by atoms with Crippen LogP contribution < -0.4 is 5.73 Å². The molecule has 0 radical (unpaired) electrons. The highest BCUT2D eigenvalue weighted by Gasteiger charge is 2.13. The van der Waals surface area contributed by atoms with E-state index in [9.17, 15) is 4.39 Å². The number of hydrogen-bond acceptors (Lipinski definition) is 2. The molecule has 0 amide bonds. The predicted molar refractivity (Wildman–Crippen MR) is 53.1 cm³/mol. The molecule has 0 saturated carbocycles. The van der Waals surface area contributed by atoms with E-state index in [1.807, 2.05) is 22.6 Å². The molecule has 0 saturated heterocycles. The number of aliphatic hydroxyl groups is 1. The zero-order chi connectivity index (χ0) is 9.14. The summed E-state index contributed by atoms with van der Waals surface area (Å²) in [6.07, 6.45) is 0. The van der Waals surface area contributed by atoms with Crippen molar-refractivity contribution in [2.45, 2.75) is 6.04 Å². The molecule has 2 nitrogen and oxygen atoms in total. The smallest absolute Gasteiger partial charge is 0.129 e. The van der Waals surface area contributed by atoms with E-state index in [1.54, 1.807) is 12.1 Å². The zero-order valence-electron chi connectivity index (χ0n) is 6.30. The van der Waals surface area contributed by atoms with Gasteiger partial charge < -0.3 is 10.8 Å². The van der Waals surface area contributed by atoms with E-state index in [4.69, 9.17) is 10.8 Å². The minimum absolute atomic E-state index is 0.239. The Bertz CT molecular complexity index is 260. The van der Waals surface area contributed by atoms with Crippen molar-refractivity contribution in [2.75, 3.05) is 6.61 Å². The molecule has 1 rings (SSSR count). The summed E-state index contributed by atoms with van der Waals surface area (Å²) in [6, 6.07) is 4.09. The molecule has 0 bridgehead atoms. The number of hydrogen-bond donors (Lipinski definition) is 2. The molecule has 0 unspecified atom stereocenters. The molecule has 12 heavy (non-hydrogen) atoms. The third-order valence-electron chi connectivity index (χ3n) is 1.57. The van der Waals surface area contributed by atoms with Crippen LogP contribution in [-0.2, 0) is 0 Å². The molecule has 4 heteroatoms. The van der Waals surface area contributed by atoms with E-state index in [1.165, 1.54) is 6.07 Å². The van der Waals surface area contributed by atoms with Gasteiger partial charge in [-0.3, -0.25) is 0 Å². The highest BCUT2D eigenvalue weighted by Crippen LogP contribution is 2.20. The van der Waals surface area contributed by atoms with Crippen LogP contribution in [0.5, 0.6) is 0 Å². The van der Waals surface area contributed by atoms with Gasteiger partial charge in [-0.05, 0) is 34.7 Å². The quantitative estimate of drug-likeness (QED) is 0.805. The lowest BCUT2D eigenvalue weighted by molar-refractivity contribution is 0.265. The Hall–Kier alpha value is -0.200. The molecule has 0 aliphatic carbocycles. The van der Waals surface area contributed by atoms with E-state index < -0.39 is 6.04 Å². The van der Waals surface area contributed by atoms with Gasteiger partial charge >= 0.3 is 0 Å². The van der Waals surface area contributed by atoms with Crippen molar-refractivity contribution in [2.24, 2.45) is 5.73 Å². The Balaban J connectivity index is 3.12. The SMILES string of the molecule is N[C@@H](CO)c1c(F)cccc1I. The van der Waals surface area contributed by atoms with Crippen LogP contribution in [0.25, 0.3) is 0 Å². The minimum atomic E-state index is -0.627. The van der Waals surface area contributed by atoms with Crippen molar-refractivity contribution < 1.29 is 9.50 Å². The second-order valence-corrected chi connectivity index (χ2v) is 3.59. The van der Waals surface area contributed by atoms with Gasteiger partial charge in [-0.1, -0.05) is 6.07 Å². The molecule has 0 fully saturated rings. The van der Waals surface area contributed by atoms with Gasteiger partial charge in [0, 0.05) is 9.13 Å². The Labute approximate surface area is 83.7 Å². The predicted octanol–water partition coefficient (Wildman–Crippen LogP) is 1.42. The van der Waals surface area contributed by atoms with Crippen LogP contribution in [-0.4, -0.2) is 11.7 Å². The average molecular weight is 281 g/mol. The largest absolute Gasteiger partial charge is 0.394 e. The zero-order valence-corrected chi connectivity index (χ0v) is 8.45. The number of aliphatic hydroxyl groups excluding tert-OH is 1. The van der Waals surface area contributed by atoms with E-state index >= 15 is 0 Å². The molecule has 0 aliphatic rings. The van der Waals surface area contributed by atoms with Gasteiger partial charge in [0.15, 0.2) is 0 Å². The summed E-state index contributed by atoms with van der Waals surface area (Å²) < 4.78 is 13.8. The summed E-state index contributed by atoms with van der Waals surface area (Å²) in [5, 5.41) is 8.74. The maximum atomic E-state index is 13.1. The fourth-order valence-corrected chi connectivity index (χ4v) is 1.82. The van der Waals surface area contributed by atoms with Crippen LogP contribution in [0.4, 0.5) is 4.39 Å². The first-order valence-corrected chi connectivity index (χ1v) is 4.55. The lowest BCUT2D eigenvalue weighted by Crippen LogP contribution is -2.17. The molecule has 66 valence electrons. The van der Waals surface area contributed by atoms with Crippen molar-refractivity contribution in [3.05, 3.63) is 33.1 Å². The normalized spacial score (nSPS) is 13.0. The topological polar surface area (TPSA) is 46.2 Å². The second-order valence-electron chi connectivity index (χ2n) is 2.42. The van der Waals surface area contributed by atoms with Gasteiger partial charge in [0.1, 0.15) is 5.82 Å². The van der Waals surface area contributed by atoms with Gasteiger partial charge in [0.25, 0.3) is 0 Å². The van der Waals surface area contributed by atoms with Crippen LogP contribution in [0.15, 0.2) is 18.2 Å². The summed E-state index contributed by atoms with van der Waals surface area (Å²) in [5.41, 5.74) is 5.89. The van der Waals surface area contributed by atoms with Crippen LogP contribution in [0, 0.1) is 9.39 Å². The van der Waals surface area contributed by atoms with E-state index in [0.717, 1.165) is 3.57 Å². The standard InChI is InChI=1S/C8H9FINO/c9-5-2-1-3-6(10)8(5)7(11)4-12/h1-3,7,12H,4,11H2/t7-/m0/s1. The molecule has 0 heterocycles. The van der Waals surface area contributed by atoms with Crippen molar-refractivity contribution in [3.8, 4) is 0 Å². The second kappa shape index (κ2) is 4.15. The Morgan fingerprint density at radius 1 is 1.58 bits per heavy atom. The third kappa shape index (κ3) is 1.94. The fourth-order valence-electron chi connectivity index (χ4n) is 0.956. The lowest BCUT2D eigenvalue weighted by Gasteiger charge is -2.11. The molecular weight excluding hydrogens is 272 g/mol. The monoisotopic (exact) mass is 281 g/mol. The number of rotatable bonds is 2. The van der Waals surface area contributed by atoms with Gasteiger partial charge in [0.2, 0.25) is 0 Å². The van der Waals surface area contributed by atoms with E-state index in [-0.39, 0.29) is 12.4 Å². The molecule has 0 aliphatic heterocycles. The van der Waals surface area contributed by atoms with E-state index in [2.05, 4.69) is 0 Å². The van der Waals surface area contributed by atoms with Gasteiger partial charge in [-0.25, -0.2) is 4.39 Å². The Morgan fingerprint density at radius 2 is 2.25 bits per heavy atom. The van der Waals surface area contributed by atoms with E-state index in [0.29, 0.717) is 5.56 Å². The Kier molecular flexibility index (Phi) is 3.42. The maximum Gasteiger partial charge on any atom is 0.129 e. The first kappa shape index (κ1) is 9.88. The molecule has 1 atom stereocenters. The van der Waals surface area contributed by atoms with Crippen molar-refractivity contribution in [1.82, 2.24) is 0 Å². The summed E-state index contributed by atoms with van der Waals surface area (Å²) in [6.45, 7) is -0.239. The van der Waals surface area contributed by atoms with Gasteiger partial charge in [-0.2, -0.15) is 0 Å². The maximum absolute atomic E-state index is 13.1. The van der Waals surface area contributed by atoms with Crippen LogP contribution in [0.3, 0.4) is 0 Å². The highest BCUT2D eigenvalue weighted by atomic mass is 127. The molecule has 3 N–H and O–H groups in total. The van der Waals surface area contributed by atoms with Crippen LogP contribution in [0.2, 0.25) is 0 Å². The number of benzene rings is 1. The summed E-state index contributed by atoms with van der Waals surface area (Å²) in [5.74, 6) is -0.358. The summed E-state index contributed by atoms with van der Waals surface area (Å²) >= 11 is 1.99. The fraction of sp³-hybridized carbons (Fsp3) is 0.250. The average Bonchev–Trinajstić information content (AvgIpc) is 2.03. The van der Waals surface area contributed by atoms with Gasteiger partial charge in [-0.15, -0.1) is 0 Å². The highest BCUT2D eigenvalue weighted by molar-refractivity contribution is 14.1. The third-order valence-corrected chi connectivity index (χ3v) is 2.51. The first-order valence-electron chi connectivity index (χ1n) is 3.47. The van der Waals surface area contributed by atoms with Crippen LogP contribution in [0.1, 0.15) is 11.6 Å². The molecule has 0 aromatic heterocycles. The Morgan fingerprint density at radius 3 is 2.75 bits per heavy atom. The molecule has 1 aromatic rings. The molecule has 0 spiro atoms. The van der Waals surface area contributed by atoms with Crippen LogP contribution >= 0.6 is 22.6 Å². The van der Waals surface area contributed by atoms with Crippen molar-refractivity contribution >= 4 is 22.6 Å². The first-order chi connectivity index (χ1) is 5.66. The summed E-state index contributed by atoms with van der Waals surface area (Å²) in [4.78, 5) is 0. The van der Waals surface area contributed by atoms with Gasteiger partial charge in [0.05, 0.1) is 12.6 Å². The number of nitrogens with two attached hydrogens (primary N) is 1. The summed E-state index contributed by atoms with van der Waals surface area (Å²) in [7, 11) is 0. The minimum Gasteiger partial charge on any atom is -0.394 e.